The minimum absolute atomic E-state index is 0.221. The van der Waals surface area contributed by atoms with E-state index in [0.29, 0.717) is 31.6 Å². The van der Waals surface area contributed by atoms with E-state index in [0.717, 1.165) is 12.0 Å². The maximum absolute atomic E-state index is 13.4. The van der Waals surface area contributed by atoms with Gasteiger partial charge >= 0.3 is 5.97 Å². The van der Waals surface area contributed by atoms with Crippen molar-refractivity contribution in [3.63, 3.8) is 0 Å². The van der Waals surface area contributed by atoms with Crippen molar-refractivity contribution in [3.8, 4) is 0 Å². The highest BCUT2D eigenvalue weighted by Crippen LogP contribution is 2.22. The van der Waals surface area contributed by atoms with E-state index in [-0.39, 0.29) is 17.7 Å². The van der Waals surface area contributed by atoms with Crippen LogP contribution in [-0.2, 0) is 30.4 Å². The van der Waals surface area contributed by atoms with Crippen molar-refractivity contribution in [1.29, 1.82) is 0 Å². The molecule has 1 aliphatic heterocycles. The Bertz CT molecular complexity index is 943. The number of hydrogen-bond acceptors (Lipinski definition) is 5. The van der Waals surface area contributed by atoms with Crippen LogP contribution in [0.2, 0.25) is 0 Å². The Balaban J connectivity index is 2.09. The number of hydrogen-bond donors (Lipinski definition) is 3. The molecule has 3 N–H and O–H groups in total. The van der Waals surface area contributed by atoms with Crippen molar-refractivity contribution >= 4 is 30.0 Å². The Morgan fingerprint density at radius 1 is 1.06 bits per heavy atom. The van der Waals surface area contributed by atoms with Crippen molar-refractivity contribution in [3.05, 3.63) is 35.4 Å². The fourth-order valence-corrected chi connectivity index (χ4v) is 4.44. The molecule has 4 unspecified atom stereocenters. The summed E-state index contributed by atoms with van der Waals surface area (Å²) in [6, 6.07) is 5.11. The lowest BCUT2D eigenvalue weighted by molar-refractivity contribution is -0.143. The van der Waals surface area contributed by atoms with E-state index < -0.39 is 42.3 Å². The summed E-state index contributed by atoms with van der Waals surface area (Å²) in [6.45, 7) is 10.1. The van der Waals surface area contributed by atoms with Crippen molar-refractivity contribution in [2.75, 3.05) is 6.54 Å². The van der Waals surface area contributed by atoms with Crippen LogP contribution in [-0.4, -0.2) is 64.7 Å². The fourth-order valence-electron chi connectivity index (χ4n) is 4.44. The molecule has 0 bridgehead atoms. The smallest absolute Gasteiger partial charge is 0.305 e. The molecule has 9 nitrogen and oxygen atoms in total. The normalized spacial score (nSPS) is 18.0. The molecule has 198 valence electrons. The second-order valence-corrected chi connectivity index (χ2v) is 10.3. The summed E-state index contributed by atoms with van der Waals surface area (Å²) in [5.41, 5.74) is 2.06. The van der Waals surface area contributed by atoms with E-state index in [1.807, 2.05) is 38.1 Å². The fraction of sp³-hybridized carbons (Fsp3) is 0.593. The lowest BCUT2D eigenvalue weighted by Gasteiger charge is -2.31. The molecule has 1 aromatic carbocycles. The molecule has 0 spiro atoms. The molecule has 1 fully saturated rings. The monoisotopic (exact) mass is 501 g/mol. The second kappa shape index (κ2) is 13.2. The van der Waals surface area contributed by atoms with Crippen LogP contribution in [0.4, 0.5) is 0 Å². The highest BCUT2D eigenvalue weighted by Gasteiger charge is 2.39. The molecule has 1 aliphatic rings. The number of carbonyl (C=O) groups excluding carboxylic acids is 4. The number of amides is 3. The molecule has 0 radical (unpaired) electrons. The van der Waals surface area contributed by atoms with Gasteiger partial charge in [0, 0.05) is 6.54 Å². The van der Waals surface area contributed by atoms with Gasteiger partial charge in [0.05, 0.1) is 18.4 Å². The van der Waals surface area contributed by atoms with E-state index in [9.17, 15) is 24.0 Å². The molecule has 9 heteroatoms. The minimum Gasteiger partial charge on any atom is -0.481 e. The molecular weight excluding hydrogens is 462 g/mol. The summed E-state index contributed by atoms with van der Waals surface area (Å²) in [4.78, 5) is 62.8. The Labute approximate surface area is 213 Å². The molecular formula is C27H39N3O6. The molecule has 1 aromatic rings. The number of carboxylic acid groups (broad SMARTS) is 1. The first-order valence-electron chi connectivity index (χ1n) is 12.6. The number of carbonyl (C=O) groups is 5. The van der Waals surface area contributed by atoms with Crippen LogP contribution in [0.5, 0.6) is 0 Å². The van der Waals surface area contributed by atoms with Crippen LogP contribution >= 0.6 is 0 Å². The highest BCUT2D eigenvalue weighted by molar-refractivity contribution is 5.94. The second-order valence-electron chi connectivity index (χ2n) is 10.3. The van der Waals surface area contributed by atoms with Crippen LogP contribution in [0.3, 0.4) is 0 Å². The van der Waals surface area contributed by atoms with Gasteiger partial charge in [-0.25, -0.2) is 0 Å². The zero-order valence-corrected chi connectivity index (χ0v) is 21.8. The van der Waals surface area contributed by atoms with Crippen molar-refractivity contribution in [2.24, 2.45) is 11.8 Å². The SMILES string of the molecule is CC(C)Cc1ccc(C(C)C(=O)NC(C(=O)N2CCCC2C(=O)NC(C=O)CC(=O)O)C(C)C)cc1. The van der Waals surface area contributed by atoms with Gasteiger partial charge in [-0.2, -0.15) is 0 Å². The van der Waals surface area contributed by atoms with E-state index in [4.69, 9.17) is 5.11 Å². The number of aliphatic carboxylic acids is 1. The number of rotatable bonds is 12. The summed E-state index contributed by atoms with van der Waals surface area (Å²) in [6.07, 6.45) is 1.79. The number of benzene rings is 1. The number of aldehydes is 1. The van der Waals surface area contributed by atoms with Crippen LogP contribution in [0.1, 0.15) is 70.9 Å². The quantitative estimate of drug-likeness (QED) is 0.377. The summed E-state index contributed by atoms with van der Waals surface area (Å²) in [5.74, 6) is -2.57. The topological polar surface area (TPSA) is 133 Å². The lowest BCUT2D eigenvalue weighted by atomic mass is 9.95. The predicted octanol–water partition coefficient (Wildman–Crippen LogP) is 2.28. The average Bonchev–Trinajstić information content (AvgIpc) is 3.31. The zero-order chi connectivity index (χ0) is 27.0. The van der Waals surface area contributed by atoms with E-state index in [1.165, 1.54) is 10.5 Å². The predicted molar refractivity (Wildman–Crippen MR) is 135 cm³/mol. The summed E-state index contributed by atoms with van der Waals surface area (Å²) < 4.78 is 0. The summed E-state index contributed by atoms with van der Waals surface area (Å²) in [5, 5.41) is 14.2. The van der Waals surface area contributed by atoms with Gasteiger partial charge < -0.3 is 25.4 Å². The Morgan fingerprint density at radius 2 is 1.69 bits per heavy atom. The Kier molecular flexibility index (Phi) is 10.6. The Hall–Kier alpha value is -3.23. The summed E-state index contributed by atoms with van der Waals surface area (Å²) in [7, 11) is 0. The first-order chi connectivity index (χ1) is 16.9. The lowest BCUT2D eigenvalue weighted by Crippen LogP contribution is -2.56. The van der Waals surface area contributed by atoms with Gasteiger partial charge in [0.25, 0.3) is 0 Å². The molecule has 0 aliphatic carbocycles. The van der Waals surface area contributed by atoms with Gasteiger partial charge in [0.15, 0.2) is 0 Å². The molecule has 4 atom stereocenters. The zero-order valence-electron chi connectivity index (χ0n) is 21.8. The van der Waals surface area contributed by atoms with Crippen LogP contribution in [0.15, 0.2) is 24.3 Å². The third kappa shape index (κ3) is 7.90. The van der Waals surface area contributed by atoms with Crippen molar-refractivity contribution in [1.82, 2.24) is 15.5 Å². The van der Waals surface area contributed by atoms with E-state index in [2.05, 4.69) is 24.5 Å². The Morgan fingerprint density at radius 3 is 2.22 bits per heavy atom. The average molecular weight is 502 g/mol. The van der Waals surface area contributed by atoms with Gasteiger partial charge in [-0.05, 0) is 49.1 Å². The molecule has 2 rings (SSSR count). The largest absolute Gasteiger partial charge is 0.481 e. The van der Waals surface area contributed by atoms with Crippen LogP contribution in [0.25, 0.3) is 0 Å². The van der Waals surface area contributed by atoms with Gasteiger partial charge in [0.1, 0.15) is 18.4 Å². The molecule has 0 saturated carbocycles. The van der Waals surface area contributed by atoms with Gasteiger partial charge in [0.2, 0.25) is 17.7 Å². The molecule has 0 aromatic heterocycles. The van der Waals surface area contributed by atoms with Crippen LogP contribution < -0.4 is 10.6 Å². The van der Waals surface area contributed by atoms with Crippen LogP contribution in [0, 0.1) is 11.8 Å². The highest BCUT2D eigenvalue weighted by atomic mass is 16.4. The molecule has 1 saturated heterocycles. The van der Waals surface area contributed by atoms with Gasteiger partial charge in [-0.1, -0.05) is 52.0 Å². The van der Waals surface area contributed by atoms with E-state index >= 15 is 0 Å². The first kappa shape index (κ1) is 29.0. The van der Waals surface area contributed by atoms with E-state index in [1.54, 1.807) is 6.92 Å². The van der Waals surface area contributed by atoms with Gasteiger partial charge in [-0.3, -0.25) is 19.2 Å². The van der Waals surface area contributed by atoms with Crippen molar-refractivity contribution < 1.29 is 29.1 Å². The maximum Gasteiger partial charge on any atom is 0.305 e. The standard InChI is InChI=1S/C27H39N3O6/c1-16(2)13-19-8-10-20(11-9-19)18(5)25(34)29-24(17(3)4)27(36)30-12-6-7-22(30)26(35)28-21(15-31)14-23(32)33/h8-11,15-18,21-22,24H,6-7,12-14H2,1-5H3,(H,28,35)(H,29,34)(H,32,33). The van der Waals surface area contributed by atoms with Crippen molar-refractivity contribution in [2.45, 2.75) is 84.3 Å². The number of carboxylic acids is 1. The van der Waals surface area contributed by atoms with Gasteiger partial charge in [-0.15, -0.1) is 0 Å². The first-order valence-corrected chi connectivity index (χ1v) is 12.6. The third-order valence-electron chi connectivity index (χ3n) is 6.47. The number of likely N-dealkylation sites (tertiary alicyclic amines) is 1. The minimum atomic E-state index is -1.21. The summed E-state index contributed by atoms with van der Waals surface area (Å²) >= 11 is 0. The third-order valence-corrected chi connectivity index (χ3v) is 6.47. The number of nitrogens with one attached hydrogen (secondary N) is 2. The molecule has 3 amide bonds. The molecule has 1 heterocycles. The maximum atomic E-state index is 13.4. The molecule has 36 heavy (non-hydrogen) atoms. The number of nitrogens with zero attached hydrogens (tertiary/aromatic N) is 1.